The zero-order chi connectivity index (χ0) is 11.8. The van der Waals surface area contributed by atoms with Gasteiger partial charge in [0.05, 0.1) is 17.3 Å². The van der Waals surface area contributed by atoms with Crippen LogP contribution in [0.2, 0.25) is 0 Å². The van der Waals surface area contributed by atoms with Crippen LogP contribution < -0.4 is 0 Å². The first-order valence-corrected chi connectivity index (χ1v) is 6.00. The Kier molecular flexibility index (Phi) is 2.39. The number of rotatable bonds is 0. The maximum atomic E-state index is 12.0. The number of aliphatic imine (C=N–C) groups is 2. The normalized spacial score (nSPS) is 23.1. The van der Waals surface area contributed by atoms with E-state index in [-0.39, 0.29) is 11.7 Å². The third-order valence-corrected chi connectivity index (χ3v) is 3.37. The van der Waals surface area contributed by atoms with Crippen LogP contribution in [0.3, 0.4) is 0 Å². The second-order valence-electron chi connectivity index (χ2n) is 4.60. The number of Topliss-reactive ketones (excluding diaryl/α,β-unsaturated/α-hetero) is 1. The largest absolute Gasteiger partial charge is 0.299 e. The lowest BCUT2D eigenvalue weighted by atomic mass is 9.83. The van der Waals surface area contributed by atoms with Crippen LogP contribution in [-0.2, 0) is 4.79 Å². The summed E-state index contributed by atoms with van der Waals surface area (Å²) in [6, 6.07) is 7.82. The summed E-state index contributed by atoms with van der Waals surface area (Å²) in [4.78, 5) is 21.2. The number of carbonyl (C=O) groups excluding carboxylic acids is 1. The number of benzene rings is 1. The Bertz CT molecular complexity index is 543. The lowest BCUT2D eigenvalue weighted by Gasteiger charge is -2.21. The molecule has 1 aromatic rings. The van der Waals surface area contributed by atoms with Gasteiger partial charge in [-0.05, 0) is 31.9 Å². The average molecular weight is 226 g/mol. The van der Waals surface area contributed by atoms with E-state index in [1.807, 2.05) is 31.2 Å². The number of hydrogen-bond donors (Lipinski definition) is 0. The van der Waals surface area contributed by atoms with Gasteiger partial charge in [0.1, 0.15) is 5.78 Å². The Labute approximate surface area is 100 Å². The van der Waals surface area contributed by atoms with Gasteiger partial charge in [-0.2, -0.15) is 0 Å². The van der Waals surface area contributed by atoms with Crippen LogP contribution in [-0.4, -0.2) is 17.2 Å². The van der Waals surface area contributed by atoms with Crippen LogP contribution in [0.5, 0.6) is 0 Å². The second kappa shape index (κ2) is 3.91. The zero-order valence-corrected chi connectivity index (χ0v) is 9.81. The van der Waals surface area contributed by atoms with Crippen LogP contribution in [0.4, 0.5) is 11.4 Å². The third kappa shape index (κ3) is 1.71. The first kappa shape index (κ1) is 10.4. The minimum atomic E-state index is -0.170. The van der Waals surface area contributed by atoms with Crippen LogP contribution in [0.25, 0.3) is 0 Å². The van der Waals surface area contributed by atoms with Crippen molar-refractivity contribution in [3.63, 3.8) is 0 Å². The van der Waals surface area contributed by atoms with E-state index in [0.29, 0.717) is 6.42 Å². The summed E-state index contributed by atoms with van der Waals surface area (Å²) in [6.45, 7) is 1.94. The third-order valence-electron chi connectivity index (χ3n) is 3.37. The Morgan fingerprint density at radius 3 is 2.59 bits per heavy atom. The van der Waals surface area contributed by atoms with Gasteiger partial charge in [-0.3, -0.25) is 14.8 Å². The lowest BCUT2D eigenvalue weighted by Crippen LogP contribution is -2.33. The van der Waals surface area contributed by atoms with Gasteiger partial charge in [0.2, 0.25) is 0 Å². The molecule has 3 nitrogen and oxygen atoms in total. The molecule has 0 bridgehead atoms. The fourth-order valence-corrected chi connectivity index (χ4v) is 2.58. The molecule has 1 heterocycles. The van der Waals surface area contributed by atoms with Gasteiger partial charge in [-0.15, -0.1) is 0 Å². The fraction of sp³-hybridized carbons (Fsp3) is 0.357. The van der Waals surface area contributed by atoms with Gasteiger partial charge >= 0.3 is 0 Å². The summed E-state index contributed by atoms with van der Waals surface area (Å²) >= 11 is 0. The quantitative estimate of drug-likeness (QED) is 0.669. The van der Waals surface area contributed by atoms with Crippen LogP contribution >= 0.6 is 0 Å². The maximum absolute atomic E-state index is 12.0. The molecule has 1 aliphatic carbocycles. The van der Waals surface area contributed by atoms with Crippen molar-refractivity contribution < 1.29 is 4.79 Å². The molecule has 1 fully saturated rings. The van der Waals surface area contributed by atoms with Gasteiger partial charge in [0.15, 0.2) is 0 Å². The minimum absolute atomic E-state index is 0.170. The highest BCUT2D eigenvalue weighted by Gasteiger charge is 2.32. The highest BCUT2D eigenvalue weighted by atomic mass is 16.1. The van der Waals surface area contributed by atoms with Crippen molar-refractivity contribution in [2.75, 3.05) is 0 Å². The van der Waals surface area contributed by atoms with Gasteiger partial charge in [0.25, 0.3) is 0 Å². The molecular weight excluding hydrogens is 212 g/mol. The molecule has 1 saturated carbocycles. The molecule has 0 spiro atoms. The topological polar surface area (TPSA) is 41.8 Å². The Hall–Kier alpha value is -1.77. The van der Waals surface area contributed by atoms with E-state index in [9.17, 15) is 4.79 Å². The molecule has 86 valence electrons. The van der Waals surface area contributed by atoms with E-state index in [0.717, 1.165) is 35.6 Å². The molecule has 3 rings (SSSR count). The molecule has 1 unspecified atom stereocenters. The Balaban J connectivity index is 2.18. The molecule has 1 aromatic carbocycles. The highest BCUT2D eigenvalue weighted by Crippen LogP contribution is 2.34. The van der Waals surface area contributed by atoms with Crippen molar-refractivity contribution in [2.45, 2.75) is 26.2 Å². The molecular formula is C14H14N2O. The summed E-state index contributed by atoms with van der Waals surface area (Å²) in [7, 11) is 0. The van der Waals surface area contributed by atoms with Crippen molar-refractivity contribution in [2.24, 2.45) is 15.9 Å². The van der Waals surface area contributed by atoms with E-state index in [2.05, 4.69) is 9.98 Å². The van der Waals surface area contributed by atoms with Gasteiger partial charge in [-0.1, -0.05) is 12.1 Å². The number of carbonyl (C=O) groups is 1. The van der Waals surface area contributed by atoms with Crippen LogP contribution in [0, 0.1) is 5.92 Å². The van der Waals surface area contributed by atoms with Gasteiger partial charge < -0.3 is 0 Å². The zero-order valence-electron chi connectivity index (χ0n) is 9.81. The number of fused-ring (bicyclic) bond motifs is 2. The van der Waals surface area contributed by atoms with Crippen molar-refractivity contribution in [1.29, 1.82) is 0 Å². The van der Waals surface area contributed by atoms with Gasteiger partial charge in [0, 0.05) is 17.8 Å². The predicted molar refractivity (Wildman–Crippen MR) is 68.7 cm³/mol. The van der Waals surface area contributed by atoms with Gasteiger partial charge in [-0.25, -0.2) is 0 Å². The van der Waals surface area contributed by atoms with E-state index >= 15 is 0 Å². The lowest BCUT2D eigenvalue weighted by molar-refractivity contribution is -0.120. The number of hydrogen-bond acceptors (Lipinski definition) is 3. The number of ketones is 1. The molecule has 2 aliphatic rings. The van der Waals surface area contributed by atoms with E-state index in [4.69, 9.17) is 0 Å². The summed E-state index contributed by atoms with van der Waals surface area (Å²) in [5.74, 6) is 0.0974. The number of para-hydroxylation sites is 2. The highest BCUT2D eigenvalue weighted by molar-refractivity contribution is 6.24. The molecule has 0 N–H and O–H groups in total. The Morgan fingerprint density at radius 1 is 1.12 bits per heavy atom. The summed E-state index contributed by atoms with van der Waals surface area (Å²) in [6.07, 6.45) is 2.49. The van der Waals surface area contributed by atoms with E-state index < -0.39 is 0 Å². The molecule has 0 aromatic heterocycles. The summed E-state index contributed by atoms with van der Waals surface area (Å²) in [5.41, 5.74) is 3.64. The molecule has 3 heteroatoms. The Morgan fingerprint density at radius 2 is 1.82 bits per heavy atom. The fourth-order valence-electron chi connectivity index (χ4n) is 2.58. The van der Waals surface area contributed by atoms with Crippen molar-refractivity contribution in [3.05, 3.63) is 24.3 Å². The first-order valence-electron chi connectivity index (χ1n) is 6.00. The first-order chi connectivity index (χ1) is 8.25. The smallest absolute Gasteiger partial charge is 0.147 e. The standard InChI is InChI=1S/C14H14N2O/c1-9-14-12(7-4-8-13(14)17)16-11-6-3-2-5-10(11)15-9/h2-3,5-6,14H,4,7-8H2,1H3. The van der Waals surface area contributed by atoms with E-state index in [1.165, 1.54) is 0 Å². The molecule has 0 radical (unpaired) electrons. The number of nitrogens with zero attached hydrogens (tertiary/aromatic N) is 2. The SMILES string of the molecule is CC1=Nc2ccccc2N=C2CCCC(=O)C12. The summed E-state index contributed by atoms with van der Waals surface area (Å²) < 4.78 is 0. The van der Waals surface area contributed by atoms with Crippen LogP contribution in [0.1, 0.15) is 26.2 Å². The monoisotopic (exact) mass is 226 g/mol. The molecule has 1 atom stereocenters. The average Bonchev–Trinajstić information content (AvgIpc) is 2.45. The minimum Gasteiger partial charge on any atom is -0.299 e. The molecule has 17 heavy (non-hydrogen) atoms. The van der Waals surface area contributed by atoms with Crippen molar-refractivity contribution in [3.8, 4) is 0 Å². The van der Waals surface area contributed by atoms with E-state index in [1.54, 1.807) is 0 Å². The maximum Gasteiger partial charge on any atom is 0.147 e. The second-order valence-corrected chi connectivity index (χ2v) is 4.60. The summed E-state index contributed by atoms with van der Waals surface area (Å²) in [5, 5.41) is 0. The predicted octanol–water partition coefficient (Wildman–Crippen LogP) is 3.23. The van der Waals surface area contributed by atoms with Crippen LogP contribution in [0.15, 0.2) is 34.3 Å². The molecule has 1 aliphatic heterocycles. The van der Waals surface area contributed by atoms with Crippen molar-refractivity contribution in [1.82, 2.24) is 0 Å². The molecule has 0 saturated heterocycles. The van der Waals surface area contributed by atoms with Crippen molar-refractivity contribution >= 4 is 28.6 Å². The molecule has 0 amide bonds.